The molecule has 1 unspecified atom stereocenters. The highest BCUT2D eigenvalue weighted by molar-refractivity contribution is 5.91. The Kier molecular flexibility index (Phi) is 5.51. The minimum atomic E-state index is -4.70. The van der Waals surface area contributed by atoms with Gasteiger partial charge in [-0.1, -0.05) is 12.1 Å². The van der Waals surface area contributed by atoms with E-state index in [9.17, 15) is 18.0 Å². The topological polar surface area (TPSA) is 51.9 Å². The van der Waals surface area contributed by atoms with Gasteiger partial charge in [-0.3, -0.25) is 4.79 Å². The van der Waals surface area contributed by atoms with Gasteiger partial charge >= 0.3 is 6.36 Å². The van der Waals surface area contributed by atoms with Crippen molar-refractivity contribution in [3.8, 4) is 5.75 Å². The molecule has 0 saturated carbocycles. The lowest BCUT2D eigenvalue weighted by Crippen LogP contribution is -2.43. The fourth-order valence-electron chi connectivity index (χ4n) is 2.82. The molecule has 1 aromatic carbocycles. The summed E-state index contributed by atoms with van der Waals surface area (Å²) < 4.78 is 51.2. The average Bonchev–Trinajstić information content (AvgIpc) is 3.14. The van der Waals surface area contributed by atoms with Gasteiger partial charge in [-0.05, 0) is 42.7 Å². The molecule has 26 heavy (non-hydrogen) atoms. The van der Waals surface area contributed by atoms with E-state index >= 15 is 0 Å². The minimum Gasteiger partial charge on any atom is -0.459 e. The first-order valence-corrected chi connectivity index (χ1v) is 8.20. The molecule has 1 aliphatic rings. The van der Waals surface area contributed by atoms with Gasteiger partial charge in [0.15, 0.2) is 5.76 Å². The summed E-state index contributed by atoms with van der Waals surface area (Å²) in [6, 6.07) is 8.83. The van der Waals surface area contributed by atoms with E-state index in [2.05, 4.69) is 4.74 Å². The quantitative estimate of drug-likeness (QED) is 0.799. The van der Waals surface area contributed by atoms with E-state index in [-0.39, 0.29) is 24.4 Å². The van der Waals surface area contributed by atoms with Gasteiger partial charge in [-0.25, -0.2) is 0 Å². The molecule has 1 saturated heterocycles. The van der Waals surface area contributed by atoms with Crippen LogP contribution in [-0.4, -0.2) is 36.4 Å². The maximum absolute atomic E-state index is 12.3. The molecule has 1 fully saturated rings. The van der Waals surface area contributed by atoms with Crippen LogP contribution in [0.1, 0.15) is 29.0 Å². The first-order chi connectivity index (χ1) is 12.4. The van der Waals surface area contributed by atoms with E-state index in [1.165, 1.54) is 30.5 Å². The Morgan fingerprint density at radius 1 is 1.23 bits per heavy atom. The van der Waals surface area contributed by atoms with Crippen LogP contribution in [0.2, 0.25) is 0 Å². The third-order valence-electron chi connectivity index (χ3n) is 4.04. The molecule has 2 aromatic rings. The number of carbonyl (C=O) groups excluding carboxylic acids is 1. The van der Waals surface area contributed by atoms with Crippen LogP contribution in [0.15, 0.2) is 47.1 Å². The zero-order chi connectivity index (χ0) is 18.6. The molecule has 0 spiro atoms. The number of benzene rings is 1. The van der Waals surface area contributed by atoms with Crippen LogP contribution in [0.4, 0.5) is 13.2 Å². The maximum atomic E-state index is 12.3. The molecule has 1 atom stereocenters. The Hall–Kier alpha value is -2.48. The lowest BCUT2D eigenvalue weighted by atomic mass is 10.1. The maximum Gasteiger partial charge on any atom is 0.573 e. The summed E-state index contributed by atoms with van der Waals surface area (Å²) in [7, 11) is 0. The number of halogens is 3. The van der Waals surface area contributed by atoms with E-state index in [1.54, 1.807) is 17.0 Å². The third kappa shape index (κ3) is 5.01. The van der Waals surface area contributed by atoms with Crippen LogP contribution in [0.25, 0.3) is 0 Å². The summed E-state index contributed by atoms with van der Waals surface area (Å²) in [5.74, 6) is -0.142. The van der Waals surface area contributed by atoms with Crippen molar-refractivity contribution in [1.82, 2.24) is 4.90 Å². The number of piperidine rings is 1. The van der Waals surface area contributed by atoms with Gasteiger partial charge in [-0.15, -0.1) is 13.2 Å². The first-order valence-electron chi connectivity index (χ1n) is 8.20. The van der Waals surface area contributed by atoms with Crippen LogP contribution >= 0.6 is 0 Å². The van der Waals surface area contributed by atoms with Crippen LogP contribution in [0.5, 0.6) is 5.75 Å². The lowest BCUT2D eigenvalue weighted by molar-refractivity contribution is -0.274. The number of nitrogens with zero attached hydrogens (tertiary/aromatic N) is 1. The molecule has 0 N–H and O–H groups in total. The van der Waals surface area contributed by atoms with Gasteiger partial charge in [0, 0.05) is 13.1 Å². The van der Waals surface area contributed by atoms with Crippen molar-refractivity contribution >= 4 is 5.91 Å². The van der Waals surface area contributed by atoms with Crippen molar-refractivity contribution in [3.63, 3.8) is 0 Å². The molecule has 0 bridgehead atoms. The predicted molar refractivity (Wildman–Crippen MR) is 85.5 cm³/mol. The smallest absolute Gasteiger partial charge is 0.459 e. The number of alkyl halides is 3. The van der Waals surface area contributed by atoms with Crippen molar-refractivity contribution in [3.05, 3.63) is 54.0 Å². The van der Waals surface area contributed by atoms with Crippen molar-refractivity contribution in [2.24, 2.45) is 0 Å². The Morgan fingerprint density at radius 2 is 2.00 bits per heavy atom. The lowest BCUT2D eigenvalue weighted by Gasteiger charge is -2.32. The zero-order valence-electron chi connectivity index (χ0n) is 13.9. The number of furan rings is 1. The Morgan fingerprint density at radius 3 is 2.65 bits per heavy atom. The molecule has 1 aromatic heterocycles. The number of hydrogen-bond acceptors (Lipinski definition) is 4. The van der Waals surface area contributed by atoms with Gasteiger partial charge in [0.1, 0.15) is 5.75 Å². The highest BCUT2D eigenvalue weighted by Crippen LogP contribution is 2.23. The molecule has 1 aliphatic heterocycles. The fraction of sp³-hybridized carbons (Fsp3) is 0.389. The van der Waals surface area contributed by atoms with Gasteiger partial charge < -0.3 is 18.8 Å². The number of hydrogen-bond donors (Lipinski definition) is 0. The number of likely N-dealkylation sites (tertiary alicyclic amines) is 1. The summed E-state index contributed by atoms with van der Waals surface area (Å²) in [4.78, 5) is 14.0. The fourth-order valence-corrected chi connectivity index (χ4v) is 2.82. The normalized spacial score (nSPS) is 18.0. The molecule has 3 rings (SSSR count). The average molecular weight is 369 g/mol. The molecule has 8 heteroatoms. The van der Waals surface area contributed by atoms with Gasteiger partial charge in [0.05, 0.1) is 19.0 Å². The first kappa shape index (κ1) is 18.3. The second-order valence-corrected chi connectivity index (χ2v) is 6.00. The van der Waals surface area contributed by atoms with Gasteiger partial charge in [0.25, 0.3) is 5.91 Å². The summed E-state index contributed by atoms with van der Waals surface area (Å²) in [5.41, 5.74) is 0.731. The zero-order valence-corrected chi connectivity index (χ0v) is 13.9. The van der Waals surface area contributed by atoms with Crippen LogP contribution < -0.4 is 4.74 Å². The second-order valence-electron chi connectivity index (χ2n) is 6.00. The number of ether oxygens (including phenoxy) is 2. The third-order valence-corrected chi connectivity index (χ3v) is 4.04. The Bertz CT molecular complexity index is 713. The van der Waals surface area contributed by atoms with Crippen LogP contribution in [-0.2, 0) is 11.3 Å². The largest absolute Gasteiger partial charge is 0.573 e. The van der Waals surface area contributed by atoms with E-state index in [0.717, 1.165) is 18.4 Å². The number of rotatable bonds is 5. The molecule has 140 valence electrons. The summed E-state index contributed by atoms with van der Waals surface area (Å²) in [6.07, 6.45) is -1.75. The van der Waals surface area contributed by atoms with Crippen molar-refractivity contribution in [1.29, 1.82) is 0 Å². The van der Waals surface area contributed by atoms with Crippen LogP contribution in [0, 0.1) is 0 Å². The molecular formula is C18H18F3NO4. The van der Waals surface area contributed by atoms with Crippen molar-refractivity contribution in [2.45, 2.75) is 31.9 Å². The second kappa shape index (κ2) is 7.82. The number of carbonyl (C=O) groups is 1. The summed E-state index contributed by atoms with van der Waals surface area (Å²) in [5, 5.41) is 0. The van der Waals surface area contributed by atoms with Crippen molar-refractivity contribution < 1.29 is 31.9 Å². The molecule has 0 radical (unpaired) electrons. The molecule has 2 heterocycles. The number of amides is 1. The summed E-state index contributed by atoms with van der Waals surface area (Å²) in [6.45, 7) is 1.34. The van der Waals surface area contributed by atoms with E-state index in [4.69, 9.17) is 9.15 Å². The van der Waals surface area contributed by atoms with E-state index in [0.29, 0.717) is 18.8 Å². The monoisotopic (exact) mass is 369 g/mol. The SMILES string of the molecule is O=C(c1ccco1)N1CCCC(OCc2ccc(OC(F)(F)F)cc2)C1. The molecule has 0 aliphatic carbocycles. The Labute approximate surface area is 148 Å². The van der Waals surface area contributed by atoms with Crippen LogP contribution in [0.3, 0.4) is 0 Å². The highest BCUT2D eigenvalue weighted by Gasteiger charge is 2.31. The van der Waals surface area contributed by atoms with Gasteiger partial charge in [-0.2, -0.15) is 0 Å². The molecule has 1 amide bonds. The minimum absolute atomic E-state index is 0.131. The highest BCUT2D eigenvalue weighted by atomic mass is 19.4. The van der Waals surface area contributed by atoms with Crippen molar-refractivity contribution in [2.75, 3.05) is 13.1 Å². The van der Waals surface area contributed by atoms with Gasteiger partial charge in [0.2, 0.25) is 0 Å². The van der Waals surface area contributed by atoms with E-state index in [1.807, 2.05) is 0 Å². The Balaban J connectivity index is 1.50. The van der Waals surface area contributed by atoms with E-state index < -0.39 is 6.36 Å². The molecular weight excluding hydrogens is 351 g/mol. The predicted octanol–water partition coefficient (Wildman–Crippen LogP) is 4.00. The molecule has 5 nitrogen and oxygen atoms in total. The standard InChI is InChI=1S/C18H18F3NO4/c19-18(20,21)26-14-7-5-13(6-8-14)12-25-15-3-1-9-22(11-15)17(23)16-4-2-10-24-16/h2,4-8,10,15H,1,3,9,11-12H2. The summed E-state index contributed by atoms with van der Waals surface area (Å²) >= 11 is 0.